The highest BCUT2D eigenvalue weighted by Gasteiger charge is 2.31. The monoisotopic (exact) mass is 233 g/mol. The minimum absolute atomic E-state index is 0.120. The van der Waals surface area contributed by atoms with E-state index in [0.717, 1.165) is 13.0 Å². The molecular formula is C13H19N3O. The minimum atomic E-state index is -0.120. The molecule has 1 aliphatic rings. The van der Waals surface area contributed by atoms with Crippen molar-refractivity contribution in [2.75, 3.05) is 13.6 Å². The summed E-state index contributed by atoms with van der Waals surface area (Å²) in [7, 11) is 1.83. The fourth-order valence-electron chi connectivity index (χ4n) is 2.04. The second-order valence-corrected chi connectivity index (χ2v) is 4.39. The van der Waals surface area contributed by atoms with Crippen LogP contribution in [0.4, 0.5) is 0 Å². The molecule has 1 aromatic carbocycles. The van der Waals surface area contributed by atoms with Crippen LogP contribution in [0.2, 0.25) is 0 Å². The van der Waals surface area contributed by atoms with Gasteiger partial charge in [0.1, 0.15) is 6.04 Å². The summed E-state index contributed by atoms with van der Waals surface area (Å²) >= 11 is 0. The molecule has 2 N–H and O–H groups in total. The van der Waals surface area contributed by atoms with Crippen LogP contribution in [-0.2, 0) is 4.79 Å². The number of nitrogens with one attached hydrogen (secondary N) is 2. The molecule has 0 aromatic heterocycles. The molecule has 4 nitrogen and oxygen atoms in total. The van der Waals surface area contributed by atoms with Gasteiger partial charge in [-0.1, -0.05) is 30.3 Å². The quantitative estimate of drug-likeness (QED) is 0.821. The molecule has 0 radical (unpaired) electrons. The lowest BCUT2D eigenvalue weighted by molar-refractivity contribution is -0.131. The molecule has 1 aliphatic heterocycles. The maximum atomic E-state index is 12.0. The van der Waals surface area contributed by atoms with Crippen molar-refractivity contribution in [3.05, 3.63) is 35.9 Å². The van der Waals surface area contributed by atoms with Crippen molar-refractivity contribution in [1.29, 1.82) is 0 Å². The molecule has 1 saturated heterocycles. The molecule has 1 heterocycles. The zero-order valence-electron chi connectivity index (χ0n) is 10.3. The first-order chi connectivity index (χ1) is 8.22. The maximum absolute atomic E-state index is 12.0. The number of hydrogen-bond acceptors (Lipinski definition) is 3. The zero-order chi connectivity index (χ0) is 12.3. The third kappa shape index (κ3) is 2.65. The number of hydrazine groups is 1. The van der Waals surface area contributed by atoms with Gasteiger partial charge in [0.15, 0.2) is 0 Å². The predicted molar refractivity (Wildman–Crippen MR) is 67.2 cm³/mol. The van der Waals surface area contributed by atoms with Gasteiger partial charge in [0.05, 0.1) is 0 Å². The number of likely N-dealkylation sites (N-methyl/N-ethyl adjacent to an activating group) is 1. The number of nitrogens with zero attached hydrogens (tertiary/aromatic N) is 1. The Bertz CT molecular complexity index is 380. The first-order valence-corrected chi connectivity index (χ1v) is 6.03. The van der Waals surface area contributed by atoms with Gasteiger partial charge in [0, 0.05) is 19.6 Å². The summed E-state index contributed by atoms with van der Waals surface area (Å²) < 4.78 is 0. The van der Waals surface area contributed by atoms with Gasteiger partial charge in [-0.2, -0.15) is 0 Å². The molecule has 17 heavy (non-hydrogen) atoms. The Kier molecular flexibility index (Phi) is 3.76. The van der Waals surface area contributed by atoms with E-state index in [1.807, 2.05) is 32.2 Å². The van der Waals surface area contributed by atoms with Crippen LogP contribution in [0.1, 0.15) is 24.9 Å². The van der Waals surface area contributed by atoms with Crippen molar-refractivity contribution in [2.45, 2.75) is 25.4 Å². The van der Waals surface area contributed by atoms with E-state index in [0.29, 0.717) is 0 Å². The van der Waals surface area contributed by atoms with E-state index < -0.39 is 0 Å². The number of benzene rings is 1. The van der Waals surface area contributed by atoms with E-state index in [2.05, 4.69) is 23.0 Å². The fraction of sp³-hybridized carbons (Fsp3) is 0.462. The summed E-state index contributed by atoms with van der Waals surface area (Å²) in [5.41, 5.74) is 7.48. The Morgan fingerprint density at radius 2 is 2.06 bits per heavy atom. The van der Waals surface area contributed by atoms with Crippen molar-refractivity contribution < 1.29 is 4.79 Å². The van der Waals surface area contributed by atoms with Crippen molar-refractivity contribution >= 4 is 5.91 Å². The van der Waals surface area contributed by atoms with Crippen LogP contribution in [0.25, 0.3) is 0 Å². The van der Waals surface area contributed by atoms with Crippen molar-refractivity contribution in [3.63, 3.8) is 0 Å². The molecule has 92 valence electrons. The third-order valence-corrected chi connectivity index (χ3v) is 3.25. The number of carbonyl (C=O) groups excluding carboxylic acids is 1. The smallest absolute Gasteiger partial charge is 0.240 e. The van der Waals surface area contributed by atoms with E-state index in [9.17, 15) is 4.79 Å². The van der Waals surface area contributed by atoms with E-state index in [1.54, 1.807) is 4.90 Å². The average Bonchev–Trinajstić information content (AvgIpc) is 2.87. The SMILES string of the molecule is CCN(C)C(=O)C1CC(c2ccccc2)NN1. The molecule has 0 bridgehead atoms. The van der Waals surface area contributed by atoms with Crippen LogP contribution in [0.5, 0.6) is 0 Å². The van der Waals surface area contributed by atoms with Gasteiger partial charge in [-0.05, 0) is 18.9 Å². The van der Waals surface area contributed by atoms with Crippen LogP contribution in [-0.4, -0.2) is 30.4 Å². The van der Waals surface area contributed by atoms with Crippen molar-refractivity contribution in [1.82, 2.24) is 15.8 Å². The molecule has 4 heteroatoms. The highest BCUT2D eigenvalue weighted by atomic mass is 16.2. The van der Waals surface area contributed by atoms with Gasteiger partial charge in [0.25, 0.3) is 0 Å². The summed E-state index contributed by atoms with van der Waals surface area (Å²) in [5, 5.41) is 0. The van der Waals surface area contributed by atoms with Gasteiger partial charge in [-0.15, -0.1) is 0 Å². The van der Waals surface area contributed by atoms with Gasteiger partial charge in [-0.25, -0.2) is 10.9 Å². The lowest BCUT2D eigenvalue weighted by Gasteiger charge is -2.18. The maximum Gasteiger partial charge on any atom is 0.240 e. The Labute approximate surface area is 102 Å². The average molecular weight is 233 g/mol. The molecule has 2 unspecified atom stereocenters. The summed E-state index contributed by atoms with van der Waals surface area (Å²) in [6.07, 6.45) is 0.799. The van der Waals surface area contributed by atoms with Gasteiger partial charge < -0.3 is 4.90 Å². The first kappa shape index (κ1) is 12.1. The minimum Gasteiger partial charge on any atom is -0.345 e. The highest BCUT2D eigenvalue weighted by molar-refractivity contribution is 5.82. The van der Waals surface area contributed by atoms with E-state index in [4.69, 9.17) is 0 Å². The summed E-state index contributed by atoms with van der Waals surface area (Å²) in [6, 6.07) is 10.3. The molecule has 1 fully saturated rings. The van der Waals surface area contributed by atoms with Crippen molar-refractivity contribution in [3.8, 4) is 0 Å². The molecule has 1 aromatic rings. The van der Waals surface area contributed by atoms with Crippen LogP contribution in [0.3, 0.4) is 0 Å². The highest BCUT2D eigenvalue weighted by Crippen LogP contribution is 2.22. The number of carbonyl (C=O) groups is 1. The predicted octanol–water partition coefficient (Wildman–Crippen LogP) is 1.07. The van der Waals surface area contributed by atoms with Crippen LogP contribution < -0.4 is 10.9 Å². The lowest BCUT2D eigenvalue weighted by Crippen LogP contribution is -2.43. The van der Waals surface area contributed by atoms with Gasteiger partial charge in [-0.3, -0.25) is 4.79 Å². The molecular weight excluding hydrogens is 214 g/mol. The molecule has 0 aliphatic carbocycles. The molecule has 2 rings (SSSR count). The molecule has 1 amide bonds. The zero-order valence-corrected chi connectivity index (χ0v) is 10.3. The van der Waals surface area contributed by atoms with Crippen LogP contribution in [0, 0.1) is 0 Å². The standard InChI is InChI=1S/C13H19N3O/c1-3-16(2)13(17)12-9-11(14-15-12)10-7-5-4-6-8-10/h4-8,11-12,14-15H,3,9H2,1-2H3. The topological polar surface area (TPSA) is 44.4 Å². The molecule has 0 saturated carbocycles. The van der Waals surface area contributed by atoms with Crippen LogP contribution in [0.15, 0.2) is 30.3 Å². The summed E-state index contributed by atoms with van der Waals surface area (Å²) in [5.74, 6) is 0.151. The Balaban J connectivity index is 1.98. The number of hydrogen-bond donors (Lipinski definition) is 2. The second-order valence-electron chi connectivity index (χ2n) is 4.39. The number of amides is 1. The summed E-state index contributed by atoms with van der Waals surface area (Å²) in [6.45, 7) is 2.72. The first-order valence-electron chi connectivity index (χ1n) is 6.03. The van der Waals surface area contributed by atoms with E-state index >= 15 is 0 Å². The van der Waals surface area contributed by atoms with E-state index in [-0.39, 0.29) is 18.0 Å². The normalized spacial score (nSPS) is 23.6. The number of rotatable bonds is 3. The Morgan fingerprint density at radius 3 is 2.71 bits per heavy atom. The van der Waals surface area contributed by atoms with E-state index in [1.165, 1.54) is 5.56 Å². The Morgan fingerprint density at radius 1 is 1.35 bits per heavy atom. The lowest BCUT2D eigenvalue weighted by atomic mass is 10.0. The van der Waals surface area contributed by atoms with Crippen molar-refractivity contribution in [2.24, 2.45) is 0 Å². The van der Waals surface area contributed by atoms with Gasteiger partial charge in [0.2, 0.25) is 5.91 Å². The molecule has 2 atom stereocenters. The second kappa shape index (κ2) is 5.29. The third-order valence-electron chi connectivity index (χ3n) is 3.25. The fourth-order valence-corrected chi connectivity index (χ4v) is 2.04. The Hall–Kier alpha value is -1.39. The molecule has 0 spiro atoms. The summed E-state index contributed by atoms with van der Waals surface area (Å²) in [4.78, 5) is 13.7. The van der Waals surface area contributed by atoms with Gasteiger partial charge >= 0.3 is 0 Å². The largest absolute Gasteiger partial charge is 0.345 e. The van der Waals surface area contributed by atoms with Crippen LogP contribution >= 0.6 is 0 Å².